The van der Waals surface area contributed by atoms with Crippen LogP contribution in [0.5, 0.6) is 0 Å². The van der Waals surface area contributed by atoms with Crippen LogP contribution in [0.1, 0.15) is 22.3 Å². The monoisotopic (exact) mass is 533 g/mol. The van der Waals surface area contributed by atoms with E-state index in [1.54, 1.807) is 24.6 Å². The van der Waals surface area contributed by atoms with Crippen LogP contribution >= 0.6 is 0 Å². The first-order valence-electron chi connectivity index (χ1n) is 13.2. The zero-order valence-corrected chi connectivity index (χ0v) is 21.8. The van der Waals surface area contributed by atoms with Crippen molar-refractivity contribution in [1.82, 2.24) is 4.98 Å². The number of anilines is 2. The van der Waals surface area contributed by atoms with Crippen LogP contribution in [0.4, 0.5) is 11.4 Å². The third-order valence-electron chi connectivity index (χ3n) is 7.15. The number of hydrogen-bond acceptors (Lipinski definition) is 6. The molecule has 5 aromatic rings. The first-order valence-corrected chi connectivity index (χ1v) is 13.2. The Balaban J connectivity index is 1.09. The standard InChI is InChI=1S/C35H23N3O3/c39-32-16-11-22-5-1-3-7-27(22)29(32)20-36-25-13-9-24(10-14-25)35-38-31-19-26(15-18-34(31)41-35)37-21-30-28-8-4-2-6-23(28)12-17-33(30)40/h1-21,36-37H. The lowest BCUT2D eigenvalue weighted by Crippen LogP contribution is -2.06. The van der Waals surface area contributed by atoms with E-state index in [9.17, 15) is 9.59 Å². The highest BCUT2D eigenvalue weighted by Crippen LogP contribution is 2.30. The fourth-order valence-electron chi connectivity index (χ4n) is 5.01. The molecular weight excluding hydrogens is 510 g/mol. The Bertz CT molecular complexity index is 1970. The quantitative estimate of drug-likeness (QED) is 0.226. The van der Waals surface area contributed by atoms with Gasteiger partial charge in [0.25, 0.3) is 0 Å². The van der Waals surface area contributed by atoms with Crippen molar-refractivity contribution in [2.45, 2.75) is 0 Å². The van der Waals surface area contributed by atoms with Crippen LogP contribution in [0.15, 0.2) is 120 Å². The summed E-state index contributed by atoms with van der Waals surface area (Å²) in [5.74, 6) is 0.432. The molecule has 2 aliphatic carbocycles. The number of aromatic nitrogens is 1. The number of carbonyl (C=O) groups is 2. The molecule has 0 radical (unpaired) electrons. The number of benzene rings is 4. The summed E-state index contributed by atoms with van der Waals surface area (Å²) in [6.45, 7) is 0. The molecule has 0 saturated heterocycles. The number of allylic oxidation sites excluding steroid dienone is 4. The topological polar surface area (TPSA) is 84.2 Å². The zero-order chi connectivity index (χ0) is 27.8. The molecule has 0 fully saturated rings. The minimum Gasteiger partial charge on any atom is -0.436 e. The van der Waals surface area contributed by atoms with Gasteiger partial charge in [0.1, 0.15) is 5.52 Å². The van der Waals surface area contributed by atoms with Crippen LogP contribution in [0, 0.1) is 0 Å². The normalized spacial score (nSPS) is 15.8. The SMILES string of the molecule is O=C1C=Cc2ccccc2C1=CNc1ccc(-c2nc3cc(NC=C4C(=O)C=Cc5ccccc54)ccc3o2)cc1. The second kappa shape index (κ2) is 10.1. The van der Waals surface area contributed by atoms with Crippen molar-refractivity contribution in [3.8, 4) is 11.5 Å². The summed E-state index contributed by atoms with van der Waals surface area (Å²) >= 11 is 0. The Kier molecular flexibility index (Phi) is 5.98. The molecular formula is C35H23N3O3. The van der Waals surface area contributed by atoms with Crippen LogP contribution in [0.2, 0.25) is 0 Å². The van der Waals surface area contributed by atoms with Gasteiger partial charge in [0.2, 0.25) is 5.89 Å². The smallest absolute Gasteiger partial charge is 0.227 e. The van der Waals surface area contributed by atoms with Crippen molar-refractivity contribution in [3.63, 3.8) is 0 Å². The number of hydrogen-bond donors (Lipinski definition) is 2. The molecule has 1 aromatic heterocycles. The zero-order valence-electron chi connectivity index (χ0n) is 21.8. The summed E-state index contributed by atoms with van der Waals surface area (Å²) in [7, 11) is 0. The van der Waals surface area contributed by atoms with E-state index in [1.165, 1.54) is 0 Å². The van der Waals surface area contributed by atoms with Gasteiger partial charge < -0.3 is 15.1 Å². The molecule has 2 N–H and O–H groups in total. The number of nitrogens with one attached hydrogen (secondary N) is 2. The summed E-state index contributed by atoms with van der Waals surface area (Å²) in [6.07, 6.45) is 10.4. The van der Waals surface area contributed by atoms with Crippen molar-refractivity contribution in [1.29, 1.82) is 0 Å². The van der Waals surface area contributed by atoms with Gasteiger partial charge in [-0.25, -0.2) is 4.98 Å². The van der Waals surface area contributed by atoms with E-state index in [1.807, 2.05) is 103 Å². The third-order valence-corrected chi connectivity index (χ3v) is 7.15. The second-order valence-corrected chi connectivity index (χ2v) is 9.75. The summed E-state index contributed by atoms with van der Waals surface area (Å²) in [5, 5.41) is 6.48. The highest BCUT2D eigenvalue weighted by Gasteiger charge is 2.18. The fraction of sp³-hybridized carbons (Fsp3) is 0. The summed E-state index contributed by atoms with van der Waals surface area (Å²) in [5.41, 5.74) is 8.91. The van der Waals surface area contributed by atoms with Gasteiger partial charge >= 0.3 is 0 Å². The lowest BCUT2D eigenvalue weighted by atomic mass is 9.92. The van der Waals surface area contributed by atoms with Crippen molar-refractivity contribution in [3.05, 3.63) is 138 Å². The molecule has 0 amide bonds. The summed E-state index contributed by atoms with van der Waals surface area (Å²) in [6, 6.07) is 29.0. The van der Waals surface area contributed by atoms with Gasteiger partial charge in [-0.2, -0.15) is 0 Å². The first-order chi connectivity index (χ1) is 20.1. The molecule has 0 atom stereocenters. The molecule has 41 heavy (non-hydrogen) atoms. The lowest BCUT2D eigenvalue weighted by Gasteiger charge is -2.13. The van der Waals surface area contributed by atoms with E-state index in [-0.39, 0.29) is 11.6 Å². The van der Waals surface area contributed by atoms with Crippen molar-refractivity contribution >= 4 is 57.3 Å². The van der Waals surface area contributed by atoms with Gasteiger partial charge in [-0.15, -0.1) is 0 Å². The minimum absolute atomic E-state index is 0.0312. The van der Waals surface area contributed by atoms with Gasteiger partial charge in [0, 0.05) is 40.5 Å². The Morgan fingerprint density at radius 3 is 1.80 bits per heavy atom. The predicted molar refractivity (Wildman–Crippen MR) is 164 cm³/mol. The summed E-state index contributed by atoms with van der Waals surface area (Å²) in [4.78, 5) is 29.7. The van der Waals surface area contributed by atoms with E-state index in [0.717, 1.165) is 39.2 Å². The Morgan fingerprint density at radius 1 is 0.610 bits per heavy atom. The average molecular weight is 534 g/mol. The number of carbonyl (C=O) groups excluding carboxylic acids is 2. The molecule has 1 heterocycles. The van der Waals surface area contributed by atoms with Gasteiger partial charge in [0.05, 0.1) is 0 Å². The molecule has 0 unspecified atom stereocenters. The maximum atomic E-state index is 12.5. The highest BCUT2D eigenvalue weighted by atomic mass is 16.3. The molecule has 4 aromatic carbocycles. The maximum Gasteiger partial charge on any atom is 0.227 e. The van der Waals surface area contributed by atoms with Crippen molar-refractivity contribution in [2.75, 3.05) is 10.6 Å². The molecule has 7 rings (SSSR count). The van der Waals surface area contributed by atoms with E-state index in [0.29, 0.717) is 28.1 Å². The maximum absolute atomic E-state index is 12.5. The van der Waals surface area contributed by atoms with Crippen LogP contribution in [-0.2, 0) is 9.59 Å². The number of nitrogens with zero attached hydrogens (tertiary/aromatic N) is 1. The Labute approximate surface area is 236 Å². The molecule has 2 aliphatic rings. The third kappa shape index (κ3) is 4.68. The van der Waals surface area contributed by atoms with Crippen LogP contribution in [0.3, 0.4) is 0 Å². The van der Waals surface area contributed by atoms with E-state index >= 15 is 0 Å². The lowest BCUT2D eigenvalue weighted by molar-refractivity contribution is -0.110. The molecule has 0 aliphatic heterocycles. The predicted octanol–water partition coefficient (Wildman–Crippen LogP) is 7.59. The van der Waals surface area contributed by atoms with Crippen molar-refractivity contribution in [2.24, 2.45) is 0 Å². The van der Waals surface area contributed by atoms with Crippen LogP contribution in [-0.4, -0.2) is 16.6 Å². The largest absolute Gasteiger partial charge is 0.436 e. The molecule has 196 valence electrons. The van der Waals surface area contributed by atoms with Crippen molar-refractivity contribution < 1.29 is 14.0 Å². The molecule has 6 heteroatoms. The Hall–Kier alpha value is -5.75. The number of fused-ring (bicyclic) bond motifs is 3. The van der Waals surface area contributed by atoms with Crippen LogP contribution < -0.4 is 10.6 Å². The van der Waals surface area contributed by atoms with E-state index in [4.69, 9.17) is 4.42 Å². The van der Waals surface area contributed by atoms with Gasteiger partial charge in [-0.3, -0.25) is 9.59 Å². The van der Waals surface area contributed by atoms with Gasteiger partial charge in [0.15, 0.2) is 17.1 Å². The number of rotatable bonds is 5. The molecule has 0 spiro atoms. The molecule has 6 nitrogen and oxygen atoms in total. The molecule has 0 saturated carbocycles. The van der Waals surface area contributed by atoms with E-state index < -0.39 is 0 Å². The van der Waals surface area contributed by atoms with E-state index in [2.05, 4.69) is 15.6 Å². The number of oxazole rings is 1. The van der Waals surface area contributed by atoms with Crippen LogP contribution in [0.25, 0.3) is 45.9 Å². The fourth-order valence-corrected chi connectivity index (χ4v) is 5.01. The Morgan fingerprint density at radius 2 is 1.17 bits per heavy atom. The van der Waals surface area contributed by atoms with Gasteiger partial charge in [-0.1, -0.05) is 60.7 Å². The minimum atomic E-state index is -0.0397. The first kappa shape index (κ1) is 24.3. The van der Waals surface area contributed by atoms with Gasteiger partial charge in [-0.05, 0) is 76.9 Å². The summed E-state index contributed by atoms with van der Waals surface area (Å²) < 4.78 is 6.01. The number of ketones is 2. The second-order valence-electron chi connectivity index (χ2n) is 9.75. The average Bonchev–Trinajstić information content (AvgIpc) is 3.44. The molecule has 0 bridgehead atoms. The highest BCUT2D eigenvalue weighted by molar-refractivity contribution is 6.30.